The molecular weight excluding hydrogens is 428 g/mol. The normalized spacial score (nSPS) is 18.5. The van der Waals surface area contributed by atoms with Gasteiger partial charge in [0.05, 0.1) is 11.6 Å². The zero-order chi connectivity index (χ0) is 23.8. The first-order valence-corrected chi connectivity index (χ1v) is 11.3. The van der Waals surface area contributed by atoms with Crippen molar-refractivity contribution in [2.75, 3.05) is 18.4 Å². The minimum Gasteiger partial charge on any atom is -0.338 e. The summed E-state index contributed by atoms with van der Waals surface area (Å²) in [5.41, 5.74) is 4.70. The van der Waals surface area contributed by atoms with Crippen molar-refractivity contribution < 1.29 is 9.59 Å². The molecule has 3 aromatic rings. The minimum absolute atomic E-state index is 0.0183. The number of anilines is 1. The number of amides is 2. The van der Waals surface area contributed by atoms with Gasteiger partial charge in [-0.15, -0.1) is 0 Å². The molecule has 2 atom stereocenters. The van der Waals surface area contributed by atoms with Crippen LogP contribution in [0.2, 0.25) is 0 Å². The first kappa shape index (κ1) is 21.7. The SMILES string of the molecule is CC(=O)Nc1ccc(-c2ccc(=O)n3c2C2CC(CN(C(=O)c4ccc(C#N)cc4)C2)C3)cc1. The Kier molecular flexibility index (Phi) is 5.50. The van der Waals surface area contributed by atoms with Crippen LogP contribution in [-0.4, -0.2) is 34.4 Å². The van der Waals surface area contributed by atoms with E-state index in [4.69, 9.17) is 5.26 Å². The number of carbonyl (C=O) groups is 2. The van der Waals surface area contributed by atoms with E-state index in [0.29, 0.717) is 30.8 Å². The molecule has 2 aliphatic rings. The van der Waals surface area contributed by atoms with Crippen LogP contribution in [-0.2, 0) is 11.3 Å². The predicted molar refractivity (Wildman–Crippen MR) is 128 cm³/mol. The summed E-state index contributed by atoms with van der Waals surface area (Å²) in [4.78, 5) is 39.2. The Balaban J connectivity index is 1.47. The summed E-state index contributed by atoms with van der Waals surface area (Å²) < 4.78 is 1.87. The molecule has 0 aliphatic carbocycles. The molecule has 0 saturated carbocycles. The molecule has 1 saturated heterocycles. The van der Waals surface area contributed by atoms with E-state index in [-0.39, 0.29) is 29.2 Å². The van der Waals surface area contributed by atoms with Gasteiger partial charge in [0.15, 0.2) is 0 Å². The lowest BCUT2D eigenvalue weighted by molar-refractivity contribution is -0.114. The average Bonchev–Trinajstić information content (AvgIpc) is 2.84. The summed E-state index contributed by atoms with van der Waals surface area (Å²) in [6.45, 7) is 3.20. The number of likely N-dealkylation sites (tertiary alicyclic amines) is 1. The van der Waals surface area contributed by atoms with Crippen LogP contribution in [0.25, 0.3) is 11.1 Å². The second kappa shape index (κ2) is 8.64. The molecule has 2 amide bonds. The maximum Gasteiger partial charge on any atom is 0.253 e. The number of fused-ring (bicyclic) bond motifs is 4. The van der Waals surface area contributed by atoms with Gasteiger partial charge < -0.3 is 14.8 Å². The number of benzene rings is 2. The molecule has 1 aromatic heterocycles. The second-order valence-electron chi connectivity index (χ2n) is 9.04. The quantitative estimate of drug-likeness (QED) is 0.657. The molecule has 0 spiro atoms. The highest BCUT2D eigenvalue weighted by Gasteiger charge is 2.38. The van der Waals surface area contributed by atoms with Gasteiger partial charge in [-0.1, -0.05) is 12.1 Å². The standard InChI is InChI=1S/C27H24N4O3/c1-17(32)29-23-8-6-20(7-9-23)24-10-11-25(33)31-15-19-12-22(26(24)31)16-30(14-19)27(34)21-4-2-18(13-28)3-5-21/h2-11,19,22H,12,14-16H2,1H3,(H,29,32). The number of hydrogen-bond donors (Lipinski definition) is 1. The molecule has 1 fully saturated rings. The summed E-state index contributed by atoms with van der Waals surface area (Å²) >= 11 is 0. The number of nitrogens with one attached hydrogen (secondary N) is 1. The molecule has 2 bridgehead atoms. The van der Waals surface area contributed by atoms with E-state index >= 15 is 0 Å². The maximum absolute atomic E-state index is 13.2. The number of carbonyl (C=O) groups excluding carboxylic acids is 2. The van der Waals surface area contributed by atoms with Gasteiger partial charge in [-0.2, -0.15) is 5.26 Å². The first-order valence-electron chi connectivity index (χ1n) is 11.3. The van der Waals surface area contributed by atoms with E-state index in [1.54, 1.807) is 30.3 Å². The topological polar surface area (TPSA) is 95.2 Å². The van der Waals surface area contributed by atoms with Gasteiger partial charge in [-0.3, -0.25) is 14.4 Å². The van der Waals surface area contributed by atoms with Crippen LogP contribution >= 0.6 is 0 Å². The van der Waals surface area contributed by atoms with Crippen molar-refractivity contribution in [3.8, 4) is 17.2 Å². The van der Waals surface area contributed by atoms with Crippen LogP contribution in [0.4, 0.5) is 5.69 Å². The van der Waals surface area contributed by atoms with Crippen LogP contribution in [0.3, 0.4) is 0 Å². The molecule has 34 heavy (non-hydrogen) atoms. The summed E-state index contributed by atoms with van der Waals surface area (Å²) in [7, 11) is 0. The molecule has 2 aromatic carbocycles. The molecule has 3 heterocycles. The van der Waals surface area contributed by atoms with Gasteiger partial charge in [-0.25, -0.2) is 0 Å². The van der Waals surface area contributed by atoms with E-state index < -0.39 is 0 Å². The molecule has 0 radical (unpaired) electrons. The Hall–Kier alpha value is -4.18. The number of nitrogens with zero attached hydrogens (tertiary/aromatic N) is 3. The van der Waals surface area contributed by atoms with Gasteiger partial charge >= 0.3 is 0 Å². The van der Waals surface area contributed by atoms with Crippen LogP contribution in [0.5, 0.6) is 0 Å². The lowest BCUT2D eigenvalue weighted by Crippen LogP contribution is -2.49. The van der Waals surface area contributed by atoms with Gasteiger partial charge in [0.25, 0.3) is 11.5 Å². The van der Waals surface area contributed by atoms with E-state index in [1.807, 2.05) is 39.8 Å². The van der Waals surface area contributed by atoms with Gasteiger partial charge in [-0.05, 0) is 60.4 Å². The van der Waals surface area contributed by atoms with Crippen LogP contribution in [0.15, 0.2) is 65.5 Å². The average molecular weight is 453 g/mol. The Labute approximate surface area is 197 Å². The van der Waals surface area contributed by atoms with Crippen molar-refractivity contribution in [3.63, 3.8) is 0 Å². The molecule has 7 heteroatoms. The number of piperidine rings is 1. The highest BCUT2D eigenvalue weighted by Crippen LogP contribution is 2.40. The minimum atomic E-state index is -0.128. The number of hydrogen-bond acceptors (Lipinski definition) is 4. The van der Waals surface area contributed by atoms with Crippen molar-refractivity contribution in [3.05, 3.63) is 87.8 Å². The zero-order valence-corrected chi connectivity index (χ0v) is 18.8. The van der Waals surface area contributed by atoms with Crippen molar-refractivity contribution in [2.45, 2.75) is 25.8 Å². The Morgan fingerprint density at radius 1 is 0.971 bits per heavy atom. The van der Waals surface area contributed by atoms with Gasteiger partial charge in [0.2, 0.25) is 5.91 Å². The fourth-order valence-corrected chi connectivity index (χ4v) is 5.23. The highest BCUT2D eigenvalue weighted by atomic mass is 16.2. The van der Waals surface area contributed by atoms with E-state index in [0.717, 1.165) is 28.9 Å². The monoisotopic (exact) mass is 452 g/mol. The molecule has 2 unspecified atom stereocenters. The van der Waals surface area contributed by atoms with Crippen LogP contribution in [0, 0.1) is 17.2 Å². The van der Waals surface area contributed by atoms with E-state index in [1.165, 1.54) is 6.92 Å². The second-order valence-corrected chi connectivity index (χ2v) is 9.04. The summed E-state index contributed by atoms with van der Waals surface area (Å²) in [5.74, 6) is 0.0845. The summed E-state index contributed by atoms with van der Waals surface area (Å²) in [5, 5.41) is 11.8. The third kappa shape index (κ3) is 3.99. The largest absolute Gasteiger partial charge is 0.338 e. The Morgan fingerprint density at radius 3 is 2.38 bits per heavy atom. The molecule has 7 nitrogen and oxygen atoms in total. The van der Waals surface area contributed by atoms with Crippen LogP contribution < -0.4 is 10.9 Å². The molecule has 170 valence electrons. The Bertz CT molecular complexity index is 1370. The third-order valence-electron chi connectivity index (χ3n) is 6.65. The molecule has 1 N–H and O–H groups in total. The van der Waals surface area contributed by atoms with Crippen molar-refractivity contribution in [1.29, 1.82) is 5.26 Å². The Morgan fingerprint density at radius 2 is 1.71 bits per heavy atom. The smallest absolute Gasteiger partial charge is 0.253 e. The van der Waals surface area contributed by atoms with Gasteiger partial charge in [0, 0.05) is 61.1 Å². The fourth-order valence-electron chi connectivity index (χ4n) is 5.23. The number of rotatable bonds is 3. The van der Waals surface area contributed by atoms with Crippen molar-refractivity contribution in [2.24, 2.45) is 5.92 Å². The van der Waals surface area contributed by atoms with Crippen LogP contribution in [0.1, 0.15) is 40.9 Å². The molecular formula is C27H24N4O3. The number of nitriles is 1. The number of aromatic nitrogens is 1. The molecule has 2 aliphatic heterocycles. The van der Waals surface area contributed by atoms with E-state index in [2.05, 4.69) is 11.4 Å². The van der Waals surface area contributed by atoms with Crippen molar-refractivity contribution >= 4 is 17.5 Å². The van der Waals surface area contributed by atoms with Gasteiger partial charge in [0.1, 0.15) is 0 Å². The summed E-state index contributed by atoms with van der Waals surface area (Å²) in [6, 6.07) is 19.9. The molecule has 5 rings (SSSR count). The predicted octanol–water partition coefficient (Wildman–Crippen LogP) is 3.60. The summed E-state index contributed by atoms with van der Waals surface area (Å²) in [6.07, 6.45) is 0.928. The zero-order valence-electron chi connectivity index (χ0n) is 18.8. The fraction of sp³-hybridized carbons (Fsp3) is 0.259. The van der Waals surface area contributed by atoms with E-state index in [9.17, 15) is 14.4 Å². The first-order chi connectivity index (χ1) is 16.4. The lowest BCUT2D eigenvalue weighted by Gasteiger charge is -2.43. The number of pyridine rings is 1. The van der Waals surface area contributed by atoms with Crippen molar-refractivity contribution in [1.82, 2.24) is 9.47 Å². The maximum atomic E-state index is 13.2. The third-order valence-corrected chi connectivity index (χ3v) is 6.65. The lowest BCUT2D eigenvalue weighted by atomic mass is 9.80. The highest BCUT2D eigenvalue weighted by molar-refractivity contribution is 5.94.